The molecule has 0 aliphatic heterocycles. The highest BCUT2D eigenvalue weighted by Crippen LogP contribution is 2.18. The average molecular weight is 224 g/mol. The van der Waals surface area contributed by atoms with Crippen molar-refractivity contribution >= 4 is 0 Å². The van der Waals surface area contributed by atoms with E-state index in [9.17, 15) is 0 Å². The van der Waals surface area contributed by atoms with Crippen LogP contribution in [0.15, 0.2) is 10.5 Å². The topological polar surface area (TPSA) is 42.4 Å². The zero-order chi connectivity index (χ0) is 12.1. The predicted octanol–water partition coefficient (Wildman–Crippen LogP) is 2.67. The van der Waals surface area contributed by atoms with Crippen LogP contribution in [0, 0.1) is 6.92 Å². The third-order valence-electron chi connectivity index (χ3n) is 3.26. The molecule has 0 fully saturated rings. The summed E-state index contributed by atoms with van der Waals surface area (Å²) in [7, 11) is 2.17. The predicted molar refractivity (Wildman–Crippen MR) is 67.2 cm³/mol. The van der Waals surface area contributed by atoms with Crippen LogP contribution in [0.4, 0.5) is 0 Å². The Morgan fingerprint density at radius 2 is 2.00 bits per heavy atom. The molecular weight excluding hydrogens is 200 g/mol. The molecule has 0 atom stereocenters. The maximum Gasteiger partial charge on any atom is 0.118 e. The van der Waals surface area contributed by atoms with Gasteiger partial charge in [0, 0.05) is 18.2 Å². The van der Waals surface area contributed by atoms with E-state index in [2.05, 4.69) is 31.9 Å². The first-order chi connectivity index (χ1) is 7.62. The lowest BCUT2D eigenvalue weighted by molar-refractivity contribution is 0.220. The van der Waals surface area contributed by atoms with Crippen LogP contribution in [0.1, 0.15) is 43.8 Å². The first kappa shape index (κ1) is 13.3. The molecule has 0 aliphatic carbocycles. The molecule has 1 rings (SSSR count). The van der Waals surface area contributed by atoms with Crippen LogP contribution in [0.5, 0.6) is 0 Å². The molecule has 0 saturated heterocycles. The van der Waals surface area contributed by atoms with Gasteiger partial charge in [-0.2, -0.15) is 0 Å². The number of nitrogens with zero attached hydrogens (tertiary/aromatic N) is 1. The van der Waals surface area contributed by atoms with Gasteiger partial charge in [0.25, 0.3) is 0 Å². The van der Waals surface area contributed by atoms with Crippen molar-refractivity contribution in [1.82, 2.24) is 4.90 Å². The standard InChI is InChI=1S/C13H24N2O/c1-5-12(6-2)15(4)9-11-7-13(8-14)16-10(11)3/h7,12H,5-6,8-9,14H2,1-4H3. The normalized spacial score (nSPS) is 11.7. The van der Waals surface area contributed by atoms with E-state index in [-0.39, 0.29) is 0 Å². The van der Waals surface area contributed by atoms with E-state index < -0.39 is 0 Å². The van der Waals surface area contributed by atoms with Gasteiger partial charge in [0.2, 0.25) is 0 Å². The number of hydrogen-bond donors (Lipinski definition) is 1. The van der Waals surface area contributed by atoms with Crippen LogP contribution in [0.3, 0.4) is 0 Å². The molecule has 0 spiro atoms. The third kappa shape index (κ3) is 3.09. The molecule has 0 amide bonds. The molecular formula is C13H24N2O. The summed E-state index contributed by atoms with van der Waals surface area (Å²) in [4.78, 5) is 2.39. The fourth-order valence-electron chi connectivity index (χ4n) is 2.15. The van der Waals surface area contributed by atoms with Crippen molar-refractivity contribution in [3.05, 3.63) is 23.2 Å². The summed E-state index contributed by atoms with van der Waals surface area (Å²) < 4.78 is 5.56. The first-order valence-corrected chi connectivity index (χ1v) is 6.10. The van der Waals surface area contributed by atoms with E-state index >= 15 is 0 Å². The van der Waals surface area contributed by atoms with Crippen molar-refractivity contribution in [1.29, 1.82) is 0 Å². The number of furan rings is 1. The van der Waals surface area contributed by atoms with Gasteiger partial charge < -0.3 is 10.2 Å². The second-order valence-corrected chi connectivity index (χ2v) is 4.38. The highest BCUT2D eigenvalue weighted by Gasteiger charge is 2.14. The maximum atomic E-state index is 5.57. The quantitative estimate of drug-likeness (QED) is 0.807. The van der Waals surface area contributed by atoms with E-state index in [1.807, 2.05) is 6.92 Å². The molecule has 0 saturated carbocycles. The Morgan fingerprint density at radius 1 is 1.38 bits per heavy atom. The van der Waals surface area contributed by atoms with E-state index in [0.717, 1.165) is 18.1 Å². The zero-order valence-electron chi connectivity index (χ0n) is 10.9. The van der Waals surface area contributed by atoms with Gasteiger partial charge in [0.1, 0.15) is 11.5 Å². The van der Waals surface area contributed by atoms with Gasteiger partial charge in [-0.1, -0.05) is 13.8 Å². The van der Waals surface area contributed by atoms with E-state index in [1.54, 1.807) is 0 Å². The minimum Gasteiger partial charge on any atom is -0.465 e. The molecule has 92 valence electrons. The SMILES string of the molecule is CCC(CC)N(C)Cc1cc(CN)oc1C. The fraction of sp³-hybridized carbons (Fsp3) is 0.692. The third-order valence-corrected chi connectivity index (χ3v) is 3.26. The highest BCUT2D eigenvalue weighted by molar-refractivity contribution is 5.20. The van der Waals surface area contributed by atoms with Crippen LogP contribution in [0.2, 0.25) is 0 Å². The van der Waals surface area contributed by atoms with Crippen molar-refractivity contribution in [2.75, 3.05) is 7.05 Å². The number of nitrogens with two attached hydrogens (primary N) is 1. The number of rotatable bonds is 6. The molecule has 0 aromatic carbocycles. The van der Waals surface area contributed by atoms with E-state index in [4.69, 9.17) is 10.2 Å². The molecule has 0 radical (unpaired) electrons. The largest absolute Gasteiger partial charge is 0.465 e. The monoisotopic (exact) mass is 224 g/mol. The Labute approximate surface area is 98.6 Å². The summed E-state index contributed by atoms with van der Waals surface area (Å²) in [6.45, 7) is 7.91. The van der Waals surface area contributed by atoms with Crippen molar-refractivity contribution < 1.29 is 4.42 Å². The second kappa shape index (κ2) is 6.06. The van der Waals surface area contributed by atoms with Crippen molar-refractivity contribution in [3.8, 4) is 0 Å². The summed E-state index contributed by atoms with van der Waals surface area (Å²) in [5.74, 6) is 1.88. The van der Waals surface area contributed by atoms with Gasteiger partial charge in [-0.05, 0) is 32.9 Å². The summed E-state index contributed by atoms with van der Waals surface area (Å²) in [5.41, 5.74) is 6.83. The molecule has 3 heteroatoms. The molecule has 1 aromatic heterocycles. The molecule has 1 aromatic rings. The van der Waals surface area contributed by atoms with Crippen molar-refractivity contribution in [3.63, 3.8) is 0 Å². The molecule has 0 unspecified atom stereocenters. The van der Waals surface area contributed by atoms with Crippen LogP contribution in [0.25, 0.3) is 0 Å². The van der Waals surface area contributed by atoms with Crippen LogP contribution in [-0.4, -0.2) is 18.0 Å². The first-order valence-electron chi connectivity index (χ1n) is 6.10. The average Bonchev–Trinajstić information content (AvgIpc) is 2.61. The van der Waals surface area contributed by atoms with Crippen LogP contribution < -0.4 is 5.73 Å². The van der Waals surface area contributed by atoms with Gasteiger partial charge in [-0.25, -0.2) is 0 Å². The number of hydrogen-bond acceptors (Lipinski definition) is 3. The molecule has 2 N–H and O–H groups in total. The Balaban J connectivity index is 2.68. The molecule has 16 heavy (non-hydrogen) atoms. The summed E-state index contributed by atoms with van der Waals surface area (Å²) in [6, 6.07) is 2.73. The Kier molecular flexibility index (Phi) is 5.03. The second-order valence-electron chi connectivity index (χ2n) is 4.38. The van der Waals surface area contributed by atoms with Crippen LogP contribution in [-0.2, 0) is 13.1 Å². The van der Waals surface area contributed by atoms with Crippen LogP contribution >= 0.6 is 0 Å². The lowest BCUT2D eigenvalue weighted by Gasteiger charge is -2.25. The zero-order valence-corrected chi connectivity index (χ0v) is 10.9. The molecule has 0 aliphatic rings. The Bertz CT molecular complexity index is 316. The minimum atomic E-state index is 0.482. The molecule has 1 heterocycles. The van der Waals surface area contributed by atoms with Gasteiger partial charge in [-0.15, -0.1) is 0 Å². The highest BCUT2D eigenvalue weighted by atomic mass is 16.3. The fourth-order valence-corrected chi connectivity index (χ4v) is 2.15. The molecule has 3 nitrogen and oxygen atoms in total. The lowest BCUT2D eigenvalue weighted by atomic mass is 10.1. The smallest absolute Gasteiger partial charge is 0.118 e. The summed E-state index contributed by atoms with van der Waals surface area (Å²) in [5, 5.41) is 0. The number of aryl methyl sites for hydroxylation is 1. The van der Waals surface area contributed by atoms with Crippen molar-refractivity contribution in [2.24, 2.45) is 5.73 Å². The Morgan fingerprint density at radius 3 is 2.44 bits per heavy atom. The van der Waals surface area contributed by atoms with Gasteiger partial charge in [-0.3, -0.25) is 4.90 Å². The summed E-state index contributed by atoms with van der Waals surface area (Å²) >= 11 is 0. The molecule has 0 bridgehead atoms. The maximum absolute atomic E-state index is 5.57. The van der Waals surface area contributed by atoms with Crippen molar-refractivity contribution in [2.45, 2.75) is 52.7 Å². The lowest BCUT2D eigenvalue weighted by Crippen LogP contribution is -2.30. The summed E-state index contributed by atoms with van der Waals surface area (Å²) in [6.07, 6.45) is 2.38. The van der Waals surface area contributed by atoms with E-state index in [1.165, 1.54) is 18.4 Å². The van der Waals surface area contributed by atoms with E-state index in [0.29, 0.717) is 12.6 Å². The van der Waals surface area contributed by atoms with Gasteiger partial charge in [0.05, 0.1) is 6.54 Å². The Hall–Kier alpha value is -0.800. The van der Waals surface area contributed by atoms with Gasteiger partial charge >= 0.3 is 0 Å². The minimum absolute atomic E-state index is 0.482. The van der Waals surface area contributed by atoms with Gasteiger partial charge in [0.15, 0.2) is 0 Å².